The Hall–Kier alpha value is -2.44. The van der Waals surface area contributed by atoms with E-state index in [0.717, 1.165) is 50.5 Å². The molecule has 2 atom stereocenters. The molecule has 0 aromatic carbocycles. The highest BCUT2D eigenvalue weighted by Crippen LogP contribution is 2.33. The van der Waals surface area contributed by atoms with Gasteiger partial charge < -0.3 is 4.90 Å². The average Bonchev–Trinajstić information content (AvgIpc) is 3.46. The fourth-order valence-corrected chi connectivity index (χ4v) is 5.75. The molecular formula is C26H36N6. The molecule has 2 aliphatic rings. The van der Waals surface area contributed by atoms with Crippen molar-refractivity contribution in [2.45, 2.75) is 58.2 Å². The zero-order chi connectivity index (χ0) is 22.1. The standard InChI is InChI=1S/C26H36N6/c1-4-30(5-2)22-14-16-31(19-22)25-13-7-12-24-28-21(18-32(24)25)17-29(3)23-11-6-9-20-10-8-15-27-26(20)23/h7-8,10,12-13,15,18,22-23H,4-6,9,11,14,16-17,19H2,1-3H3/t22-,23+/m1/s1. The lowest BCUT2D eigenvalue weighted by atomic mass is 9.91. The third kappa shape index (κ3) is 4.02. The predicted octanol–water partition coefficient (Wildman–Crippen LogP) is 4.16. The van der Waals surface area contributed by atoms with E-state index >= 15 is 0 Å². The number of fused-ring (bicyclic) bond motifs is 2. The first-order valence-electron chi connectivity index (χ1n) is 12.3. The maximum absolute atomic E-state index is 4.99. The molecule has 0 amide bonds. The Kier molecular flexibility index (Phi) is 6.15. The lowest BCUT2D eigenvalue weighted by Gasteiger charge is -2.31. The van der Waals surface area contributed by atoms with Gasteiger partial charge in [0.2, 0.25) is 0 Å². The maximum Gasteiger partial charge on any atom is 0.138 e. The van der Waals surface area contributed by atoms with Gasteiger partial charge in [-0.05, 0) is 69.6 Å². The van der Waals surface area contributed by atoms with Crippen LogP contribution in [0.5, 0.6) is 0 Å². The largest absolute Gasteiger partial charge is 0.356 e. The molecule has 1 fully saturated rings. The first-order valence-corrected chi connectivity index (χ1v) is 12.3. The summed E-state index contributed by atoms with van der Waals surface area (Å²) in [4.78, 5) is 17.3. The summed E-state index contributed by atoms with van der Waals surface area (Å²) in [5.74, 6) is 1.27. The van der Waals surface area contributed by atoms with Crippen LogP contribution in [0.2, 0.25) is 0 Å². The third-order valence-electron chi connectivity index (χ3n) is 7.45. The van der Waals surface area contributed by atoms with Crippen LogP contribution in [0.25, 0.3) is 5.65 Å². The molecule has 6 heteroatoms. The zero-order valence-electron chi connectivity index (χ0n) is 19.7. The van der Waals surface area contributed by atoms with Gasteiger partial charge in [-0.3, -0.25) is 19.2 Å². The van der Waals surface area contributed by atoms with Crippen molar-refractivity contribution < 1.29 is 0 Å². The Bertz CT molecular complexity index is 1060. The highest BCUT2D eigenvalue weighted by Gasteiger charge is 2.28. The summed E-state index contributed by atoms with van der Waals surface area (Å²) in [7, 11) is 2.22. The number of hydrogen-bond acceptors (Lipinski definition) is 5. The second-order valence-electron chi connectivity index (χ2n) is 9.33. The van der Waals surface area contributed by atoms with E-state index in [0.29, 0.717) is 12.1 Å². The Morgan fingerprint density at radius 1 is 1.09 bits per heavy atom. The van der Waals surface area contributed by atoms with Crippen LogP contribution in [0, 0.1) is 0 Å². The summed E-state index contributed by atoms with van der Waals surface area (Å²) in [5, 5.41) is 0. The van der Waals surface area contributed by atoms with Crippen LogP contribution in [0.15, 0.2) is 42.7 Å². The van der Waals surface area contributed by atoms with Crippen molar-refractivity contribution in [3.63, 3.8) is 0 Å². The van der Waals surface area contributed by atoms with Crippen LogP contribution < -0.4 is 4.90 Å². The molecule has 1 aliphatic heterocycles. The molecule has 0 radical (unpaired) electrons. The maximum atomic E-state index is 4.99. The fourth-order valence-electron chi connectivity index (χ4n) is 5.75. The van der Waals surface area contributed by atoms with Crippen LogP contribution in [-0.4, -0.2) is 63.4 Å². The number of likely N-dealkylation sites (N-methyl/N-ethyl adjacent to an activating group) is 1. The van der Waals surface area contributed by atoms with Gasteiger partial charge in [0.15, 0.2) is 0 Å². The van der Waals surface area contributed by atoms with Crippen molar-refractivity contribution in [1.82, 2.24) is 24.2 Å². The van der Waals surface area contributed by atoms with Gasteiger partial charge in [0, 0.05) is 38.1 Å². The molecule has 3 aromatic rings. The van der Waals surface area contributed by atoms with Gasteiger partial charge in [-0.1, -0.05) is 26.0 Å². The number of nitrogens with zero attached hydrogens (tertiary/aromatic N) is 6. The van der Waals surface area contributed by atoms with Gasteiger partial charge in [-0.25, -0.2) is 4.98 Å². The third-order valence-corrected chi connectivity index (χ3v) is 7.45. The monoisotopic (exact) mass is 432 g/mol. The average molecular weight is 433 g/mol. The minimum absolute atomic E-state index is 0.373. The molecule has 3 aromatic heterocycles. The number of hydrogen-bond donors (Lipinski definition) is 0. The second-order valence-corrected chi connectivity index (χ2v) is 9.33. The van der Waals surface area contributed by atoms with Crippen molar-refractivity contribution in [1.29, 1.82) is 0 Å². The van der Waals surface area contributed by atoms with E-state index in [1.165, 1.54) is 36.3 Å². The molecule has 6 nitrogen and oxygen atoms in total. The molecule has 1 aliphatic carbocycles. The molecule has 0 bridgehead atoms. The van der Waals surface area contributed by atoms with Crippen LogP contribution >= 0.6 is 0 Å². The van der Waals surface area contributed by atoms with Crippen molar-refractivity contribution in [2.75, 3.05) is 38.1 Å². The molecule has 4 heterocycles. The van der Waals surface area contributed by atoms with Crippen molar-refractivity contribution in [3.05, 3.63) is 59.7 Å². The van der Waals surface area contributed by atoms with Crippen molar-refractivity contribution >= 4 is 11.5 Å². The Morgan fingerprint density at radius 3 is 2.81 bits per heavy atom. The molecule has 0 N–H and O–H groups in total. The highest BCUT2D eigenvalue weighted by molar-refractivity contribution is 5.53. The van der Waals surface area contributed by atoms with Gasteiger partial charge in [0.1, 0.15) is 11.5 Å². The summed E-state index contributed by atoms with van der Waals surface area (Å²) in [6, 6.07) is 11.8. The SMILES string of the molecule is CCN(CC)[C@@H]1CCN(c2cccc3nc(CN(C)[C@H]4CCCc5cccnc54)cn23)C1. The second kappa shape index (κ2) is 9.20. The Morgan fingerprint density at radius 2 is 1.97 bits per heavy atom. The number of pyridine rings is 2. The van der Waals surface area contributed by atoms with Crippen molar-refractivity contribution in [2.24, 2.45) is 0 Å². The van der Waals surface area contributed by atoms with E-state index < -0.39 is 0 Å². The molecular weight excluding hydrogens is 396 g/mol. The van der Waals surface area contributed by atoms with Gasteiger partial charge in [-0.2, -0.15) is 0 Å². The molecule has 32 heavy (non-hydrogen) atoms. The minimum atomic E-state index is 0.373. The van der Waals surface area contributed by atoms with Crippen LogP contribution in [0.3, 0.4) is 0 Å². The zero-order valence-corrected chi connectivity index (χ0v) is 19.7. The van der Waals surface area contributed by atoms with E-state index in [9.17, 15) is 0 Å². The summed E-state index contributed by atoms with van der Waals surface area (Å²) in [5.41, 5.74) is 4.83. The summed E-state index contributed by atoms with van der Waals surface area (Å²) in [6.45, 7) is 9.83. The Balaban J connectivity index is 1.35. The van der Waals surface area contributed by atoms with Gasteiger partial charge in [0.25, 0.3) is 0 Å². The quantitative estimate of drug-likeness (QED) is 0.561. The minimum Gasteiger partial charge on any atom is -0.356 e. The number of imidazole rings is 1. The van der Waals surface area contributed by atoms with E-state index in [-0.39, 0.29) is 0 Å². The van der Waals surface area contributed by atoms with E-state index in [4.69, 9.17) is 9.97 Å². The predicted molar refractivity (Wildman–Crippen MR) is 130 cm³/mol. The highest BCUT2D eigenvalue weighted by atomic mass is 15.3. The fraction of sp³-hybridized carbons (Fsp3) is 0.538. The van der Waals surface area contributed by atoms with E-state index in [2.05, 4.69) is 76.5 Å². The van der Waals surface area contributed by atoms with Crippen LogP contribution in [-0.2, 0) is 13.0 Å². The van der Waals surface area contributed by atoms with E-state index in [1.807, 2.05) is 6.20 Å². The van der Waals surface area contributed by atoms with Crippen LogP contribution in [0.4, 0.5) is 5.82 Å². The normalized spacial score (nSPS) is 21.1. The van der Waals surface area contributed by atoms with Gasteiger partial charge in [-0.15, -0.1) is 0 Å². The first kappa shape index (κ1) is 21.4. The summed E-state index contributed by atoms with van der Waals surface area (Å²) in [6.07, 6.45) is 8.95. The number of rotatable bonds is 7. The molecule has 5 rings (SSSR count). The topological polar surface area (TPSA) is 39.9 Å². The van der Waals surface area contributed by atoms with Gasteiger partial charge >= 0.3 is 0 Å². The molecule has 0 unspecified atom stereocenters. The number of aryl methyl sites for hydroxylation is 1. The summed E-state index contributed by atoms with van der Waals surface area (Å²) >= 11 is 0. The number of aromatic nitrogens is 3. The number of anilines is 1. The lowest BCUT2D eigenvalue weighted by molar-refractivity contribution is 0.206. The van der Waals surface area contributed by atoms with Gasteiger partial charge in [0.05, 0.1) is 17.4 Å². The van der Waals surface area contributed by atoms with Crippen molar-refractivity contribution in [3.8, 4) is 0 Å². The van der Waals surface area contributed by atoms with E-state index in [1.54, 1.807) is 0 Å². The lowest BCUT2D eigenvalue weighted by Crippen LogP contribution is -2.37. The first-order chi connectivity index (χ1) is 15.7. The molecule has 170 valence electrons. The molecule has 1 saturated heterocycles. The Labute approximate surface area is 191 Å². The summed E-state index contributed by atoms with van der Waals surface area (Å²) < 4.78 is 2.29. The smallest absolute Gasteiger partial charge is 0.138 e. The molecule has 0 spiro atoms. The molecule has 0 saturated carbocycles. The van der Waals surface area contributed by atoms with Crippen LogP contribution in [0.1, 0.15) is 56.1 Å².